The molecule has 0 spiro atoms. The molecule has 1 N–H and O–H groups in total. The van der Waals surface area contributed by atoms with E-state index in [2.05, 4.69) is 19.7 Å². The zero-order valence-electron chi connectivity index (χ0n) is 15.4. The van der Waals surface area contributed by atoms with E-state index < -0.39 is 24.8 Å². The van der Waals surface area contributed by atoms with Crippen molar-refractivity contribution >= 4 is 22.2 Å². The second-order valence-electron chi connectivity index (χ2n) is 5.00. The summed E-state index contributed by atoms with van der Waals surface area (Å²) in [6, 6.07) is 5.60. The number of hydrogen-bond acceptors (Lipinski definition) is 6. The summed E-state index contributed by atoms with van der Waals surface area (Å²) in [5.41, 5.74) is 1.12. The molecule has 0 aliphatic rings. The molecule has 7 nitrogen and oxygen atoms in total. The van der Waals surface area contributed by atoms with E-state index in [1.165, 1.54) is 37.6 Å². The molecule has 3 aromatic rings. The average molecular weight is 385 g/mol. The zero-order valence-corrected chi connectivity index (χ0v) is 14.3. The number of hydrogen-bond donors (Lipinski definition) is 1. The lowest BCUT2D eigenvalue weighted by Crippen LogP contribution is -2.10. The van der Waals surface area contributed by atoms with Crippen LogP contribution in [0.25, 0.3) is 11.0 Å². The molecule has 2 heterocycles. The van der Waals surface area contributed by atoms with Crippen molar-refractivity contribution < 1.29 is 30.3 Å². The van der Waals surface area contributed by atoms with Crippen molar-refractivity contribution in [2.75, 3.05) is 14.2 Å². The number of halogens is 2. The highest BCUT2D eigenvalue weighted by atomic mass is 32.2. The van der Waals surface area contributed by atoms with Crippen molar-refractivity contribution in [1.29, 1.82) is 0 Å². The van der Waals surface area contributed by atoms with Gasteiger partial charge in [0.25, 0.3) is 0 Å². The third-order valence-electron chi connectivity index (χ3n) is 3.41. The van der Waals surface area contributed by atoms with E-state index in [1.807, 2.05) is 0 Å². The molecule has 1 aromatic carbocycles. The van der Waals surface area contributed by atoms with E-state index in [4.69, 9.17) is 12.2 Å². The Morgan fingerprint density at radius 1 is 1.35 bits per heavy atom. The van der Waals surface area contributed by atoms with Crippen molar-refractivity contribution in [2.24, 2.45) is 0 Å². The van der Waals surface area contributed by atoms with Crippen molar-refractivity contribution in [3.05, 3.63) is 36.2 Å². The molecule has 138 valence electrons. The number of nitrogens with one attached hydrogen (secondary N) is 1. The number of methoxy groups -OCH3 is 2. The Morgan fingerprint density at radius 3 is 2.92 bits per heavy atom. The minimum Gasteiger partial charge on any atom is -0.609 e. The van der Waals surface area contributed by atoms with Gasteiger partial charge in [0.15, 0.2) is 17.3 Å². The van der Waals surface area contributed by atoms with Crippen LogP contribution in [0.15, 0.2) is 35.6 Å². The highest BCUT2D eigenvalue weighted by molar-refractivity contribution is 7.90. The lowest BCUT2D eigenvalue weighted by molar-refractivity contribution is -0.0497. The molecule has 0 aliphatic carbocycles. The van der Waals surface area contributed by atoms with E-state index in [9.17, 15) is 13.3 Å². The number of ether oxygens (including phenoxy) is 3. The van der Waals surface area contributed by atoms with Crippen molar-refractivity contribution in [3.8, 4) is 17.2 Å². The summed E-state index contributed by atoms with van der Waals surface area (Å²) in [4.78, 5) is 11.1. The fourth-order valence-corrected chi connectivity index (χ4v) is 3.34. The second-order valence-corrected chi connectivity index (χ2v) is 6.36. The van der Waals surface area contributed by atoms with E-state index in [1.54, 1.807) is 0 Å². The molecule has 26 heavy (non-hydrogen) atoms. The number of alkyl halides is 2. The summed E-state index contributed by atoms with van der Waals surface area (Å²) < 4.78 is 66.3. The molecule has 0 fully saturated rings. The zero-order chi connectivity index (χ0) is 20.3. The van der Waals surface area contributed by atoms with Gasteiger partial charge in [0.05, 0.1) is 27.9 Å². The minimum absolute atomic E-state index is 0.0557. The molecular formula is C16H15F2N3O4S. The number of H-pyrrole nitrogens is 1. The molecule has 2 aromatic heterocycles. The molecule has 0 saturated heterocycles. The first-order valence-corrected chi connectivity index (χ1v) is 8.55. The van der Waals surface area contributed by atoms with E-state index >= 15 is 0 Å². The molecule has 10 heteroatoms. The smallest absolute Gasteiger partial charge is 0.387 e. The Hall–Kier alpha value is -2.59. The standard InChI is InChI=1S/C16H15F2N3O4S/c1-23-13-5-6-19-12(14(13)24-2)8-26(22)16-20-10-4-3-9(25-15(17)18)7-11(10)21-16/h3-7,15H,8H2,1-2H3,(H,20,21)/t26-/m0/s1/i1D2. The van der Waals surface area contributed by atoms with E-state index in [0.717, 1.165) is 0 Å². The largest absolute Gasteiger partial charge is 0.609 e. The monoisotopic (exact) mass is 385 g/mol. The Bertz CT molecular complexity index is 961. The van der Waals surface area contributed by atoms with Crippen LogP contribution in [0.1, 0.15) is 8.44 Å². The van der Waals surface area contributed by atoms with Gasteiger partial charge in [0.1, 0.15) is 11.4 Å². The average Bonchev–Trinajstić information content (AvgIpc) is 3.04. The molecule has 0 radical (unpaired) electrons. The number of pyridine rings is 1. The predicted octanol–water partition coefficient (Wildman–Crippen LogP) is 2.88. The number of aromatic amines is 1. The van der Waals surface area contributed by atoms with Gasteiger partial charge in [0.2, 0.25) is 0 Å². The van der Waals surface area contributed by atoms with Crippen LogP contribution in [0.4, 0.5) is 8.78 Å². The Morgan fingerprint density at radius 2 is 2.19 bits per heavy atom. The van der Waals surface area contributed by atoms with Crippen LogP contribution in [-0.4, -0.2) is 40.3 Å². The van der Waals surface area contributed by atoms with Crippen LogP contribution in [0.2, 0.25) is 0 Å². The molecule has 0 bridgehead atoms. The van der Waals surface area contributed by atoms with E-state index in [-0.39, 0.29) is 28.2 Å². The summed E-state index contributed by atoms with van der Waals surface area (Å²) in [7, 11) is -0.194. The Kier molecular flexibility index (Phi) is 4.66. The summed E-state index contributed by atoms with van der Waals surface area (Å²) in [5, 5.41) is 0.123. The Balaban J connectivity index is 1.84. The number of imidazole rings is 1. The Labute approximate surface area is 153 Å². The highest BCUT2D eigenvalue weighted by Gasteiger charge is 2.22. The van der Waals surface area contributed by atoms with Gasteiger partial charge in [-0.25, -0.2) is 0 Å². The fourth-order valence-electron chi connectivity index (χ4n) is 2.32. The maximum absolute atomic E-state index is 12.7. The number of benzene rings is 1. The van der Waals surface area contributed by atoms with Crippen LogP contribution in [0.3, 0.4) is 0 Å². The molecular weight excluding hydrogens is 368 g/mol. The molecule has 0 saturated carbocycles. The summed E-state index contributed by atoms with van der Waals surface area (Å²) in [6.07, 6.45) is 1.39. The number of fused-ring (bicyclic) bond motifs is 1. The lowest BCUT2D eigenvalue weighted by atomic mass is 10.3. The molecule has 0 unspecified atom stereocenters. The third kappa shape index (κ3) is 3.81. The van der Waals surface area contributed by atoms with Gasteiger partial charge in [0, 0.05) is 29.5 Å². The summed E-state index contributed by atoms with van der Waals surface area (Å²) >= 11 is -1.66. The normalized spacial score (nSPS) is 13.6. The predicted molar refractivity (Wildman–Crippen MR) is 90.2 cm³/mol. The molecule has 0 amide bonds. The van der Waals surface area contributed by atoms with Crippen molar-refractivity contribution in [2.45, 2.75) is 17.5 Å². The molecule has 1 atom stereocenters. The van der Waals surface area contributed by atoms with Gasteiger partial charge < -0.3 is 18.8 Å². The maximum Gasteiger partial charge on any atom is 0.387 e. The first-order chi connectivity index (χ1) is 13.4. The third-order valence-corrected chi connectivity index (χ3v) is 4.57. The maximum atomic E-state index is 12.7. The first-order valence-electron chi connectivity index (χ1n) is 8.39. The summed E-state index contributed by atoms with van der Waals surface area (Å²) in [5.74, 6) is 0.170. The van der Waals surface area contributed by atoms with Gasteiger partial charge in [-0.05, 0) is 12.1 Å². The van der Waals surface area contributed by atoms with Crippen molar-refractivity contribution in [3.63, 3.8) is 0 Å². The molecule has 0 aliphatic heterocycles. The summed E-state index contributed by atoms with van der Waals surface area (Å²) in [6.45, 7) is -2.95. The van der Waals surface area contributed by atoms with Crippen LogP contribution >= 0.6 is 0 Å². The van der Waals surface area contributed by atoms with Gasteiger partial charge in [-0.2, -0.15) is 13.8 Å². The molecule has 3 rings (SSSR count). The lowest BCUT2D eigenvalue weighted by Gasteiger charge is -2.12. The fraction of sp³-hybridized carbons (Fsp3) is 0.250. The highest BCUT2D eigenvalue weighted by Crippen LogP contribution is 2.31. The van der Waals surface area contributed by atoms with Crippen LogP contribution in [0, 0.1) is 0 Å². The number of rotatable bonds is 7. The van der Waals surface area contributed by atoms with Gasteiger partial charge in [-0.1, -0.05) is 0 Å². The van der Waals surface area contributed by atoms with Crippen LogP contribution in [-0.2, 0) is 16.9 Å². The van der Waals surface area contributed by atoms with Crippen LogP contribution in [0.5, 0.6) is 17.2 Å². The first kappa shape index (κ1) is 15.6. The van der Waals surface area contributed by atoms with Crippen molar-refractivity contribution in [1.82, 2.24) is 15.0 Å². The van der Waals surface area contributed by atoms with Gasteiger partial charge in [-0.3, -0.25) is 9.97 Å². The number of aromatic nitrogens is 3. The SMILES string of the molecule is [2H]C([2H])Oc1ccnc(C[S@+]([O-])c2nc3cc(OC(F)F)ccc3[nH]2)c1OC. The second kappa shape index (κ2) is 7.75. The van der Waals surface area contributed by atoms with Gasteiger partial charge in [-0.15, -0.1) is 0 Å². The minimum atomic E-state index is -2.95. The van der Waals surface area contributed by atoms with Gasteiger partial charge >= 0.3 is 11.8 Å². The van der Waals surface area contributed by atoms with Crippen LogP contribution < -0.4 is 14.2 Å². The topological polar surface area (TPSA) is 92.3 Å². The van der Waals surface area contributed by atoms with E-state index in [0.29, 0.717) is 16.7 Å². The number of nitrogens with zero attached hydrogens (tertiary/aromatic N) is 2. The quantitative estimate of drug-likeness (QED) is 0.629.